The van der Waals surface area contributed by atoms with Gasteiger partial charge in [-0.05, 0) is 37.5 Å². The van der Waals surface area contributed by atoms with Crippen LogP contribution in [0.5, 0.6) is 0 Å². The molecule has 0 fully saturated rings. The third kappa shape index (κ3) is 2.13. The average Bonchev–Trinajstić information content (AvgIpc) is 2.32. The Labute approximate surface area is 101 Å². The fourth-order valence-electron chi connectivity index (χ4n) is 1.89. The summed E-state index contributed by atoms with van der Waals surface area (Å²) in [6.07, 6.45) is 2.15. The highest BCUT2D eigenvalue weighted by molar-refractivity contribution is 5.63. The molecule has 0 aliphatic carbocycles. The molecule has 88 valence electrons. The maximum Gasteiger partial charge on any atom is 0.254 e. The standard InChI is InChI=1S/C14H16N2O/c1-4-12-13(15-8-16-14(12)17)11-6-5-9(2)10(3)7-11/h5-8H,4H2,1-3H3,(H,15,16,17). The van der Waals surface area contributed by atoms with E-state index in [9.17, 15) is 4.79 Å². The molecule has 0 radical (unpaired) electrons. The lowest BCUT2D eigenvalue weighted by atomic mass is 10.0. The number of benzene rings is 1. The van der Waals surface area contributed by atoms with Crippen molar-refractivity contribution in [3.8, 4) is 11.3 Å². The van der Waals surface area contributed by atoms with Gasteiger partial charge in [-0.1, -0.05) is 19.1 Å². The van der Waals surface area contributed by atoms with Gasteiger partial charge < -0.3 is 4.98 Å². The number of hydrogen-bond acceptors (Lipinski definition) is 2. The van der Waals surface area contributed by atoms with E-state index < -0.39 is 0 Å². The topological polar surface area (TPSA) is 45.8 Å². The molecule has 3 nitrogen and oxygen atoms in total. The molecule has 0 amide bonds. The molecule has 17 heavy (non-hydrogen) atoms. The highest BCUT2D eigenvalue weighted by Crippen LogP contribution is 2.21. The van der Waals surface area contributed by atoms with Crippen LogP contribution in [0.15, 0.2) is 29.3 Å². The molecule has 0 aliphatic rings. The van der Waals surface area contributed by atoms with E-state index in [4.69, 9.17) is 0 Å². The molecule has 0 saturated carbocycles. The predicted octanol–water partition coefficient (Wildman–Crippen LogP) is 2.62. The van der Waals surface area contributed by atoms with Crippen LogP contribution in [-0.4, -0.2) is 9.97 Å². The molecule has 1 aromatic carbocycles. The maximum atomic E-state index is 11.7. The first-order valence-electron chi connectivity index (χ1n) is 5.77. The minimum atomic E-state index is -0.0456. The number of aromatic amines is 1. The van der Waals surface area contributed by atoms with Gasteiger partial charge in [0, 0.05) is 11.1 Å². The molecule has 1 aromatic heterocycles. The van der Waals surface area contributed by atoms with Gasteiger partial charge in [-0.3, -0.25) is 4.79 Å². The molecule has 0 atom stereocenters. The SMILES string of the molecule is CCc1c(-c2ccc(C)c(C)c2)nc[nH]c1=O. The van der Waals surface area contributed by atoms with Crippen molar-refractivity contribution in [2.24, 2.45) is 0 Å². The average molecular weight is 228 g/mol. The van der Waals surface area contributed by atoms with Gasteiger partial charge in [0.15, 0.2) is 0 Å². The van der Waals surface area contributed by atoms with Crippen molar-refractivity contribution in [3.63, 3.8) is 0 Å². The highest BCUT2D eigenvalue weighted by atomic mass is 16.1. The zero-order valence-electron chi connectivity index (χ0n) is 10.4. The van der Waals surface area contributed by atoms with Crippen LogP contribution < -0.4 is 5.56 Å². The molecule has 0 aliphatic heterocycles. The Balaban J connectivity index is 2.64. The molecule has 0 saturated heterocycles. The summed E-state index contributed by atoms with van der Waals surface area (Å²) in [4.78, 5) is 18.6. The maximum absolute atomic E-state index is 11.7. The number of nitrogens with one attached hydrogen (secondary N) is 1. The molecule has 2 rings (SSSR count). The van der Waals surface area contributed by atoms with Crippen LogP contribution in [0.4, 0.5) is 0 Å². The fraction of sp³-hybridized carbons (Fsp3) is 0.286. The van der Waals surface area contributed by atoms with Crippen LogP contribution in [0.3, 0.4) is 0 Å². The lowest BCUT2D eigenvalue weighted by molar-refractivity contribution is 1.01. The second-order valence-corrected chi connectivity index (χ2v) is 4.21. The van der Waals surface area contributed by atoms with E-state index in [0.717, 1.165) is 16.8 Å². The Morgan fingerprint density at radius 1 is 1.24 bits per heavy atom. The third-order valence-corrected chi connectivity index (χ3v) is 3.08. The molecule has 0 spiro atoms. The molecule has 0 unspecified atom stereocenters. The first-order chi connectivity index (χ1) is 8.13. The van der Waals surface area contributed by atoms with Crippen molar-refractivity contribution in [2.45, 2.75) is 27.2 Å². The van der Waals surface area contributed by atoms with Gasteiger partial charge in [-0.15, -0.1) is 0 Å². The van der Waals surface area contributed by atoms with Gasteiger partial charge in [0.2, 0.25) is 0 Å². The summed E-state index contributed by atoms with van der Waals surface area (Å²) in [5, 5.41) is 0. The van der Waals surface area contributed by atoms with Gasteiger partial charge >= 0.3 is 0 Å². The monoisotopic (exact) mass is 228 g/mol. The third-order valence-electron chi connectivity index (χ3n) is 3.08. The Morgan fingerprint density at radius 2 is 2.00 bits per heavy atom. The Hall–Kier alpha value is -1.90. The van der Waals surface area contributed by atoms with Crippen molar-refractivity contribution in [3.05, 3.63) is 51.6 Å². The smallest absolute Gasteiger partial charge is 0.254 e. The Morgan fingerprint density at radius 3 is 2.65 bits per heavy atom. The van der Waals surface area contributed by atoms with Gasteiger partial charge in [0.25, 0.3) is 5.56 Å². The number of rotatable bonds is 2. The minimum Gasteiger partial charge on any atom is -0.313 e. The summed E-state index contributed by atoms with van der Waals surface area (Å²) in [6.45, 7) is 6.11. The molecular formula is C14H16N2O. The van der Waals surface area contributed by atoms with Crippen molar-refractivity contribution in [1.82, 2.24) is 9.97 Å². The zero-order chi connectivity index (χ0) is 12.4. The molecule has 0 bridgehead atoms. The van der Waals surface area contributed by atoms with Crippen LogP contribution >= 0.6 is 0 Å². The quantitative estimate of drug-likeness (QED) is 0.858. The van der Waals surface area contributed by atoms with Crippen LogP contribution in [0.2, 0.25) is 0 Å². The van der Waals surface area contributed by atoms with E-state index in [0.29, 0.717) is 6.42 Å². The minimum absolute atomic E-state index is 0.0456. The predicted molar refractivity (Wildman–Crippen MR) is 69.1 cm³/mol. The second kappa shape index (κ2) is 4.53. The summed E-state index contributed by atoms with van der Waals surface area (Å²) in [5.41, 5.74) is 4.96. The zero-order valence-corrected chi connectivity index (χ0v) is 10.4. The molecular weight excluding hydrogens is 212 g/mol. The molecule has 3 heteroatoms. The second-order valence-electron chi connectivity index (χ2n) is 4.21. The first-order valence-corrected chi connectivity index (χ1v) is 5.77. The van der Waals surface area contributed by atoms with Crippen LogP contribution in [0.25, 0.3) is 11.3 Å². The number of aromatic nitrogens is 2. The van der Waals surface area contributed by atoms with Crippen molar-refractivity contribution in [1.29, 1.82) is 0 Å². The summed E-state index contributed by atoms with van der Waals surface area (Å²) in [6, 6.07) is 6.16. The van der Waals surface area contributed by atoms with E-state index >= 15 is 0 Å². The summed E-state index contributed by atoms with van der Waals surface area (Å²) in [7, 11) is 0. The summed E-state index contributed by atoms with van der Waals surface area (Å²) in [5.74, 6) is 0. The lowest BCUT2D eigenvalue weighted by Gasteiger charge is -2.07. The normalized spacial score (nSPS) is 10.5. The van der Waals surface area contributed by atoms with Gasteiger partial charge in [-0.25, -0.2) is 4.98 Å². The van der Waals surface area contributed by atoms with Gasteiger partial charge in [0.1, 0.15) is 0 Å². The first kappa shape index (κ1) is 11.6. The van der Waals surface area contributed by atoms with Crippen LogP contribution in [0, 0.1) is 13.8 Å². The van der Waals surface area contributed by atoms with E-state index in [-0.39, 0.29) is 5.56 Å². The van der Waals surface area contributed by atoms with E-state index in [1.807, 2.05) is 13.0 Å². The van der Waals surface area contributed by atoms with E-state index in [1.165, 1.54) is 17.5 Å². The highest BCUT2D eigenvalue weighted by Gasteiger charge is 2.09. The number of hydrogen-bond donors (Lipinski definition) is 1. The van der Waals surface area contributed by atoms with E-state index in [1.54, 1.807) is 0 Å². The summed E-state index contributed by atoms with van der Waals surface area (Å²) >= 11 is 0. The van der Waals surface area contributed by atoms with Gasteiger partial charge in [-0.2, -0.15) is 0 Å². The fourth-order valence-corrected chi connectivity index (χ4v) is 1.89. The summed E-state index contributed by atoms with van der Waals surface area (Å²) < 4.78 is 0. The lowest BCUT2D eigenvalue weighted by Crippen LogP contribution is -2.14. The molecule has 1 N–H and O–H groups in total. The van der Waals surface area contributed by atoms with Crippen molar-refractivity contribution >= 4 is 0 Å². The molecule has 2 aromatic rings. The molecule has 1 heterocycles. The Kier molecular flexibility index (Phi) is 3.09. The van der Waals surface area contributed by atoms with Gasteiger partial charge in [0.05, 0.1) is 12.0 Å². The van der Waals surface area contributed by atoms with Crippen LogP contribution in [0.1, 0.15) is 23.6 Å². The van der Waals surface area contributed by atoms with Crippen LogP contribution in [-0.2, 0) is 6.42 Å². The van der Waals surface area contributed by atoms with Crippen molar-refractivity contribution < 1.29 is 0 Å². The number of aryl methyl sites for hydroxylation is 2. The Bertz CT molecular complexity index is 599. The largest absolute Gasteiger partial charge is 0.313 e. The van der Waals surface area contributed by atoms with Crippen molar-refractivity contribution in [2.75, 3.05) is 0 Å². The van der Waals surface area contributed by atoms with E-state index in [2.05, 4.69) is 35.9 Å². The number of H-pyrrole nitrogens is 1. The number of nitrogens with zero attached hydrogens (tertiary/aromatic N) is 1.